The van der Waals surface area contributed by atoms with Crippen LogP contribution >= 0.6 is 0 Å². The predicted octanol–water partition coefficient (Wildman–Crippen LogP) is 3.05. The second kappa shape index (κ2) is 6.74. The van der Waals surface area contributed by atoms with Crippen LogP contribution in [0, 0.1) is 0 Å². The largest absolute Gasteiger partial charge is 0.494 e. The summed E-state index contributed by atoms with van der Waals surface area (Å²) in [6.07, 6.45) is 1.79. The normalized spacial score (nSPS) is 11.1. The third-order valence-corrected chi connectivity index (χ3v) is 2.15. The molecule has 0 aliphatic carbocycles. The summed E-state index contributed by atoms with van der Waals surface area (Å²) in [6.45, 7) is 6.49. The molecule has 0 amide bonds. The van der Waals surface area contributed by atoms with Gasteiger partial charge in [0.25, 0.3) is 0 Å². The minimum absolute atomic E-state index is 0.283. The van der Waals surface area contributed by atoms with Crippen molar-refractivity contribution < 1.29 is 14.3 Å². The molecule has 0 aromatic heterocycles. The van der Waals surface area contributed by atoms with Crippen LogP contribution in [-0.4, -0.2) is 19.2 Å². The summed E-state index contributed by atoms with van der Waals surface area (Å²) in [5.74, 6) is 0.521. The quantitative estimate of drug-likeness (QED) is 0.580. The van der Waals surface area contributed by atoms with E-state index in [1.807, 2.05) is 31.2 Å². The Labute approximate surface area is 102 Å². The molecule has 1 aromatic carbocycles. The summed E-state index contributed by atoms with van der Waals surface area (Å²) < 4.78 is 10.3. The van der Waals surface area contributed by atoms with Gasteiger partial charge in [0, 0.05) is 5.57 Å². The van der Waals surface area contributed by atoms with Gasteiger partial charge < -0.3 is 9.47 Å². The molecule has 0 aliphatic heterocycles. The van der Waals surface area contributed by atoms with E-state index in [1.165, 1.54) is 0 Å². The lowest BCUT2D eigenvalue weighted by Crippen LogP contribution is -2.04. The number of hydrogen-bond donors (Lipinski definition) is 0. The van der Waals surface area contributed by atoms with E-state index < -0.39 is 0 Å². The van der Waals surface area contributed by atoms with Crippen molar-refractivity contribution in [1.29, 1.82) is 0 Å². The van der Waals surface area contributed by atoms with Crippen molar-refractivity contribution in [3.63, 3.8) is 0 Å². The van der Waals surface area contributed by atoms with Crippen LogP contribution in [0.1, 0.15) is 26.3 Å². The van der Waals surface area contributed by atoms with E-state index >= 15 is 0 Å². The Morgan fingerprint density at radius 3 is 2.71 bits per heavy atom. The van der Waals surface area contributed by atoms with Crippen LogP contribution in [0.2, 0.25) is 0 Å². The standard InChI is InChI=1S/C14H18O3/c1-4-16-13-8-6-7-12(10-13)9-11(3)14(15)17-5-2/h6-10H,4-5H2,1-3H3/b11-9+. The van der Waals surface area contributed by atoms with Crippen molar-refractivity contribution in [2.45, 2.75) is 20.8 Å². The van der Waals surface area contributed by atoms with Crippen molar-refractivity contribution in [2.24, 2.45) is 0 Å². The Balaban J connectivity index is 2.82. The zero-order chi connectivity index (χ0) is 12.7. The van der Waals surface area contributed by atoms with Crippen molar-refractivity contribution in [2.75, 3.05) is 13.2 Å². The van der Waals surface area contributed by atoms with Gasteiger partial charge in [-0.15, -0.1) is 0 Å². The molecular weight excluding hydrogens is 216 g/mol. The van der Waals surface area contributed by atoms with Gasteiger partial charge >= 0.3 is 5.97 Å². The maximum atomic E-state index is 11.4. The Morgan fingerprint density at radius 1 is 1.29 bits per heavy atom. The number of hydrogen-bond acceptors (Lipinski definition) is 3. The van der Waals surface area contributed by atoms with E-state index in [4.69, 9.17) is 9.47 Å². The van der Waals surface area contributed by atoms with Gasteiger partial charge in [-0.2, -0.15) is 0 Å². The molecule has 1 rings (SSSR count). The first-order valence-electron chi connectivity index (χ1n) is 5.75. The summed E-state index contributed by atoms with van der Waals surface area (Å²) in [4.78, 5) is 11.4. The average molecular weight is 234 g/mol. The summed E-state index contributed by atoms with van der Waals surface area (Å²) in [7, 11) is 0. The molecule has 3 heteroatoms. The Kier molecular flexibility index (Phi) is 5.27. The smallest absolute Gasteiger partial charge is 0.333 e. The molecule has 0 aliphatic rings. The van der Waals surface area contributed by atoms with Crippen molar-refractivity contribution in [3.8, 4) is 5.75 Å². The second-order valence-corrected chi connectivity index (χ2v) is 3.55. The van der Waals surface area contributed by atoms with Gasteiger partial charge in [-0.1, -0.05) is 12.1 Å². The monoisotopic (exact) mass is 234 g/mol. The lowest BCUT2D eigenvalue weighted by molar-refractivity contribution is -0.138. The Hall–Kier alpha value is -1.77. The Morgan fingerprint density at radius 2 is 2.06 bits per heavy atom. The fourth-order valence-corrected chi connectivity index (χ4v) is 1.41. The first-order chi connectivity index (χ1) is 8.17. The van der Waals surface area contributed by atoms with E-state index in [-0.39, 0.29) is 5.97 Å². The first kappa shape index (κ1) is 13.3. The highest BCUT2D eigenvalue weighted by atomic mass is 16.5. The summed E-state index contributed by atoms with van der Waals surface area (Å²) in [6, 6.07) is 7.60. The number of benzene rings is 1. The van der Waals surface area contributed by atoms with Gasteiger partial charge in [-0.05, 0) is 44.5 Å². The van der Waals surface area contributed by atoms with Crippen LogP contribution < -0.4 is 4.74 Å². The summed E-state index contributed by atoms with van der Waals surface area (Å²) in [5.41, 5.74) is 1.52. The minimum atomic E-state index is -0.283. The lowest BCUT2D eigenvalue weighted by Gasteiger charge is -2.04. The van der Waals surface area contributed by atoms with Crippen molar-refractivity contribution in [1.82, 2.24) is 0 Å². The molecule has 3 nitrogen and oxygen atoms in total. The van der Waals surface area contributed by atoms with Crippen molar-refractivity contribution in [3.05, 3.63) is 35.4 Å². The highest BCUT2D eigenvalue weighted by Crippen LogP contribution is 2.16. The fraction of sp³-hybridized carbons (Fsp3) is 0.357. The highest BCUT2D eigenvalue weighted by Gasteiger charge is 2.04. The second-order valence-electron chi connectivity index (χ2n) is 3.55. The van der Waals surface area contributed by atoms with E-state index in [0.29, 0.717) is 18.8 Å². The van der Waals surface area contributed by atoms with E-state index in [9.17, 15) is 4.79 Å². The zero-order valence-corrected chi connectivity index (χ0v) is 10.5. The molecule has 0 spiro atoms. The zero-order valence-electron chi connectivity index (χ0n) is 10.5. The van der Waals surface area contributed by atoms with Gasteiger partial charge in [-0.3, -0.25) is 0 Å². The van der Waals surface area contributed by atoms with Crippen molar-refractivity contribution >= 4 is 12.0 Å². The molecule has 1 aromatic rings. The fourth-order valence-electron chi connectivity index (χ4n) is 1.41. The molecule has 0 saturated heterocycles. The topological polar surface area (TPSA) is 35.5 Å². The maximum Gasteiger partial charge on any atom is 0.333 e. The minimum Gasteiger partial charge on any atom is -0.494 e. The SMILES string of the molecule is CCOC(=O)/C(C)=C/c1cccc(OCC)c1. The molecule has 17 heavy (non-hydrogen) atoms. The highest BCUT2D eigenvalue weighted by molar-refractivity contribution is 5.93. The molecule has 0 heterocycles. The first-order valence-corrected chi connectivity index (χ1v) is 5.75. The molecule has 0 atom stereocenters. The molecule has 0 saturated carbocycles. The molecule has 0 N–H and O–H groups in total. The van der Waals surface area contributed by atoms with Gasteiger partial charge in [0.1, 0.15) is 5.75 Å². The predicted molar refractivity (Wildman–Crippen MR) is 67.9 cm³/mol. The lowest BCUT2D eigenvalue weighted by atomic mass is 10.1. The number of rotatable bonds is 5. The van der Waals surface area contributed by atoms with Gasteiger partial charge in [-0.25, -0.2) is 4.79 Å². The maximum absolute atomic E-state index is 11.4. The third-order valence-electron chi connectivity index (χ3n) is 2.15. The number of carbonyl (C=O) groups is 1. The van der Waals surface area contributed by atoms with Crippen LogP contribution in [0.3, 0.4) is 0 Å². The number of esters is 1. The van der Waals surface area contributed by atoms with Gasteiger partial charge in [0.15, 0.2) is 0 Å². The van der Waals surface area contributed by atoms with Crippen LogP contribution in [0.4, 0.5) is 0 Å². The third kappa shape index (κ3) is 4.31. The molecular formula is C14H18O3. The van der Waals surface area contributed by atoms with Gasteiger partial charge in [0.05, 0.1) is 13.2 Å². The average Bonchev–Trinajstić information content (AvgIpc) is 2.30. The molecule has 92 valence electrons. The molecule has 0 unspecified atom stereocenters. The summed E-state index contributed by atoms with van der Waals surface area (Å²) in [5, 5.41) is 0. The van der Waals surface area contributed by atoms with E-state index in [2.05, 4.69) is 0 Å². The molecule has 0 bridgehead atoms. The molecule has 0 radical (unpaired) electrons. The van der Waals surface area contributed by atoms with Crippen LogP contribution in [0.25, 0.3) is 6.08 Å². The molecule has 0 fully saturated rings. The Bertz CT molecular complexity index is 408. The van der Waals surface area contributed by atoms with Crippen LogP contribution in [0.15, 0.2) is 29.8 Å². The summed E-state index contributed by atoms with van der Waals surface area (Å²) >= 11 is 0. The van der Waals surface area contributed by atoms with Crippen LogP contribution in [0.5, 0.6) is 5.75 Å². The van der Waals surface area contributed by atoms with Gasteiger partial charge in [0.2, 0.25) is 0 Å². The van der Waals surface area contributed by atoms with E-state index in [1.54, 1.807) is 19.9 Å². The number of ether oxygens (including phenoxy) is 2. The number of carbonyl (C=O) groups excluding carboxylic acids is 1. The van der Waals surface area contributed by atoms with E-state index in [0.717, 1.165) is 11.3 Å². The van der Waals surface area contributed by atoms with Crippen LogP contribution in [-0.2, 0) is 9.53 Å².